The van der Waals surface area contributed by atoms with Gasteiger partial charge in [-0.15, -0.1) is 0 Å². The lowest BCUT2D eigenvalue weighted by atomic mass is 10.1. The van der Waals surface area contributed by atoms with Gasteiger partial charge >= 0.3 is 0 Å². The smallest absolute Gasteiger partial charge is 0.254 e. The zero-order valence-corrected chi connectivity index (χ0v) is 17.3. The highest BCUT2D eigenvalue weighted by molar-refractivity contribution is 7.88. The number of fused-ring (bicyclic) bond motifs is 2. The zero-order chi connectivity index (χ0) is 20.5. The Bertz CT molecular complexity index is 841. The minimum Gasteiger partial charge on any atom is -0.353 e. The summed E-state index contributed by atoms with van der Waals surface area (Å²) in [6.07, 6.45) is 1.95. The Balaban J connectivity index is 1.64. The van der Waals surface area contributed by atoms with Gasteiger partial charge in [0.25, 0.3) is 5.91 Å². The van der Waals surface area contributed by atoms with Gasteiger partial charge in [-0.2, -0.15) is 0 Å². The number of piperazine rings is 1. The van der Waals surface area contributed by atoms with Crippen LogP contribution in [-0.4, -0.2) is 80.1 Å². The van der Waals surface area contributed by atoms with Crippen LogP contribution in [0.5, 0.6) is 0 Å². The highest BCUT2D eigenvalue weighted by Gasteiger charge is 2.41. The minimum atomic E-state index is -3.50. The fraction of sp³-hybridized carbons (Fsp3) is 0.579. The van der Waals surface area contributed by atoms with E-state index in [1.165, 1.54) is 13.8 Å². The summed E-state index contributed by atoms with van der Waals surface area (Å²) in [5, 5.41) is 2.85. The van der Waals surface area contributed by atoms with E-state index in [4.69, 9.17) is 0 Å². The van der Waals surface area contributed by atoms with Gasteiger partial charge in [-0.1, -0.05) is 18.2 Å². The van der Waals surface area contributed by atoms with Crippen LogP contribution in [0.4, 0.5) is 0 Å². The van der Waals surface area contributed by atoms with Crippen molar-refractivity contribution in [2.24, 2.45) is 0 Å². The molecule has 2 bridgehead atoms. The molecule has 2 fully saturated rings. The molecule has 0 aromatic heterocycles. The van der Waals surface area contributed by atoms with E-state index in [0.717, 1.165) is 25.8 Å². The van der Waals surface area contributed by atoms with Gasteiger partial charge in [-0.25, -0.2) is 13.1 Å². The van der Waals surface area contributed by atoms with E-state index in [-0.39, 0.29) is 23.9 Å². The number of hydrogen-bond donors (Lipinski definition) is 2. The summed E-state index contributed by atoms with van der Waals surface area (Å²) >= 11 is 0. The van der Waals surface area contributed by atoms with Crippen LogP contribution in [0, 0.1) is 0 Å². The molecular formula is C19H28N4O4S. The van der Waals surface area contributed by atoms with Crippen molar-refractivity contribution in [1.82, 2.24) is 19.8 Å². The number of rotatable bonds is 6. The quantitative estimate of drug-likeness (QED) is 0.692. The predicted molar refractivity (Wildman–Crippen MR) is 106 cm³/mol. The second-order valence-electron chi connectivity index (χ2n) is 8.12. The normalized spacial score (nSPS) is 24.8. The van der Waals surface area contributed by atoms with Gasteiger partial charge in [0.05, 0.1) is 6.26 Å². The van der Waals surface area contributed by atoms with Crippen molar-refractivity contribution in [2.45, 2.75) is 37.9 Å². The Morgan fingerprint density at radius 3 is 2.50 bits per heavy atom. The Morgan fingerprint density at radius 1 is 1.18 bits per heavy atom. The lowest BCUT2D eigenvalue weighted by Gasteiger charge is -2.40. The topological polar surface area (TPSA) is 98.8 Å². The second kappa shape index (κ2) is 7.81. The van der Waals surface area contributed by atoms with Crippen molar-refractivity contribution in [2.75, 3.05) is 32.4 Å². The molecule has 0 spiro atoms. The molecule has 0 aliphatic carbocycles. The Kier molecular flexibility index (Phi) is 5.79. The van der Waals surface area contributed by atoms with E-state index >= 15 is 0 Å². The average Bonchev–Trinajstić information content (AvgIpc) is 3.03. The number of amides is 2. The van der Waals surface area contributed by atoms with Crippen molar-refractivity contribution in [1.29, 1.82) is 0 Å². The molecule has 2 aliphatic rings. The zero-order valence-electron chi connectivity index (χ0n) is 16.5. The standard InChI is InChI=1S/C19H28N4O4S/c1-19(2,21-28(3,26)27)18(25)20-11-16-13-23(15-9-10-22(16)12-15)17(24)14-7-5-4-6-8-14/h4-8,15-16,21H,9-13H2,1-3H3,(H,20,25). The molecule has 3 rings (SSSR count). The molecule has 2 amide bonds. The summed E-state index contributed by atoms with van der Waals surface area (Å²) in [5.41, 5.74) is -0.570. The molecule has 2 aliphatic heterocycles. The van der Waals surface area contributed by atoms with Gasteiger partial charge in [0.15, 0.2) is 0 Å². The first kappa shape index (κ1) is 20.8. The third-order valence-electron chi connectivity index (χ3n) is 5.35. The predicted octanol–water partition coefficient (Wildman–Crippen LogP) is 0.0293. The van der Waals surface area contributed by atoms with E-state index < -0.39 is 15.6 Å². The first-order valence-corrected chi connectivity index (χ1v) is 11.3. The maximum absolute atomic E-state index is 12.9. The Labute approximate surface area is 166 Å². The monoisotopic (exact) mass is 408 g/mol. The molecule has 0 saturated carbocycles. The molecule has 0 radical (unpaired) electrons. The molecule has 2 heterocycles. The molecular weight excluding hydrogens is 380 g/mol. The molecule has 3 atom stereocenters. The van der Waals surface area contributed by atoms with Crippen molar-refractivity contribution in [3.63, 3.8) is 0 Å². The number of carbonyl (C=O) groups excluding carboxylic acids is 2. The highest BCUT2D eigenvalue weighted by Crippen LogP contribution is 2.26. The summed E-state index contributed by atoms with van der Waals surface area (Å²) in [6.45, 7) is 5.64. The van der Waals surface area contributed by atoms with Crippen molar-refractivity contribution >= 4 is 21.8 Å². The molecule has 3 unspecified atom stereocenters. The number of hydrogen-bond acceptors (Lipinski definition) is 5. The number of nitrogens with zero attached hydrogens (tertiary/aromatic N) is 2. The highest BCUT2D eigenvalue weighted by atomic mass is 32.2. The van der Waals surface area contributed by atoms with Crippen molar-refractivity contribution in [3.05, 3.63) is 35.9 Å². The maximum atomic E-state index is 12.9. The van der Waals surface area contributed by atoms with Crippen LogP contribution in [0.25, 0.3) is 0 Å². The first-order chi connectivity index (χ1) is 13.1. The van der Waals surface area contributed by atoms with Gasteiger partial charge in [0.1, 0.15) is 5.54 Å². The van der Waals surface area contributed by atoms with E-state index in [1.807, 2.05) is 35.2 Å². The fourth-order valence-electron chi connectivity index (χ4n) is 3.98. The number of sulfonamides is 1. The Morgan fingerprint density at radius 2 is 1.86 bits per heavy atom. The number of benzene rings is 1. The molecule has 2 N–H and O–H groups in total. The molecule has 9 heteroatoms. The summed E-state index contributed by atoms with van der Waals surface area (Å²) in [6, 6.07) is 9.43. The third kappa shape index (κ3) is 4.71. The first-order valence-electron chi connectivity index (χ1n) is 9.44. The average molecular weight is 409 g/mol. The molecule has 8 nitrogen and oxygen atoms in total. The second-order valence-corrected chi connectivity index (χ2v) is 9.87. The van der Waals surface area contributed by atoms with Crippen molar-refractivity contribution < 1.29 is 18.0 Å². The lowest BCUT2D eigenvalue weighted by Crippen LogP contribution is -2.60. The fourth-order valence-corrected chi connectivity index (χ4v) is 5.00. The van der Waals surface area contributed by atoms with E-state index in [2.05, 4.69) is 14.9 Å². The summed E-state index contributed by atoms with van der Waals surface area (Å²) in [5.74, 6) is -0.372. The van der Waals surface area contributed by atoms with Crippen LogP contribution in [0.3, 0.4) is 0 Å². The maximum Gasteiger partial charge on any atom is 0.254 e. The van der Waals surface area contributed by atoms with Crippen LogP contribution in [-0.2, 0) is 14.8 Å². The molecule has 154 valence electrons. The van der Waals surface area contributed by atoms with Crippen LogP contribution in [0.2, 0.25) is 0 Å². The summed E-state index contributed by atoms with van der Waals surface area (Å²) in [4.78, 5) is 29.6. The van der Waals surface area contributed by atoms with Gasteiger partial charge < -0.3 is 10.2 Å². The van der Waals surface area contributed by atoms with Crippen LogP contribution in [0.15, 0.2) is 30.3 Å². The van der Waals surface area contributed by atoms with Crippen LogP contribution >= 0.6 is 0 Å². The van der Waals surface area contributed by atoms with E-state index in [1.54, 1.807) is 0 Å². The summed E-state index contributed by atoms with van der Waals surface area (Å²) < 4.78 is 25.3. The minimum absolute atomic E-state index is 0.00407. The lowest BCUT2D eigenvalue weighted by molar-refractivity contribution is -0.126. The largest absolute Gasteiger partial charge is 0.353 e. The number of nitrogens with one attached hydrogen (secondary N) is 2. The molecule has 1 aromatic carbocycles. The molecule has 28 heavy (non-hydrogen) atoms. The van der Waals surface area contributed by atoms with Crippen LogP contribution < -0.4 is 10.0 Å². The van der Waals surface area contributed by atoms with E-state index in [0.29, 0.717) is 18.7 Å². The SMILES string of the molecule is CC(C)(NS(C)(=O)=O)C(=O)NCC1CN(C(=O)c2ccccc2)C2CCN1C2. The molecule has 1 aromatic rings. The van der Waals surface area contributed by atoms with E-state index in [9.17, 15) is 18.0 Å². The van der Waals surface area contributed by atoms with Crippen LogP contribution in [0.1, 0.15) is 30.6 Å². The summed E-state index contributed by atoms with van der Waals surface area (Å²) in [7, 11) is -3.50. The van der Waals surface area contributed by atoms with Gasteiger partial charge in [-0.05, 0) is 32.4 Å². The number of carbonyl (C=O) groups is 2. The third-order valence-corrected chi connectivity index (χ3v) is 6.23. The van der Waals surface area contributed by atoms with Gasteiger partial charge in [0, 0.05) is 43.8 Å². The van der Waals surface area contributed by atoms with Gasteiger partial charge in [0.2, 0.25) is 15.9 Å². The molecule has 2 saturated heterocycles. The van der Waals surface area contributed by atoms with Crippen molar-refractivity contribution in [3.8, 4) is 0 Å². The Hall–Kier alpha value is -1.97. The van der Waals surface area contributed by atoms with Gasteiger partial charge in [-0.3, -0.25) is 14.5 Å².